The van der Waals surface area contributed by atoms with Gasteiger partial charge in [-0.3, -0.25) is 9.89 Å². The van der Waals surface area contributed by atoms with E-state index in [4.69, 9.17) is 14.6 Å². The minimum atomic E-state index is -5.08. The Hall–Kier alpha value is -4.64. The Bertz CT molecular complexity index is 1780. The minimum Gasteiger partial charge on any atom is -0.497 e. The average Bonchev–Trinajstić information content (AvgIpc) is 3.52. The lowest BCUT2D eigenvalue weighted by atomic mass is 9.91. The van der Waals surface area contributed by atoms with E-state index in [-0.39, 0.29) is 11.8 Å². The summed E-state index contributed by atoms with van der Waals surface area (Å²) in [4.78, 5) is 24.3. The predicted molar refractivity (Wildman–Crippen MR) is 156 cm³/mol. The predicted octanol–water partition coefficient (Wildman–Crippen LogP) is 5.74. The molecule has 2 atom stereocenters. The van der Waals surface area contributed by atoms with Crippen molar-refractivity contribution in [1.29, 1.82) is 0 Å². The van der Waals surface area contributed by atoms with Crippen LogP contribution in [0.4, 0.5) is 18.9 Å². The van der Waals surface area contributed by atoms with Crippen LogP contribution >= 0.6 is 0 Å². The topological polar surface area (TPSA) is 108 Å². The van der Waals surface area contributed by atoms with Crippen molar-refractivity contribution in [1.82, 2.24) is 15.1 Å². The molecule has 2 aliphatic heterocycles. The average molecular weight is 591 g/mol. The number of aliphatic carboxylic acids is 1. The highest BCUT2D eigenvalue weighted by atomic mass is 19.4. The van der Waals surface area contributed by atoms with E-state index in [0.29, 0.717) is 0 Å². The van der Waals surface area contributed by atoms with E-state index in [9.17, 15) is 18.0 Å². The summed E-state index contributed by atoms with van der Waals surface area (Å²) >= 11 is 0. The summed E-state index contributed by atoms with van der Waals surface area (Å²) in [5, 5.41) is 19.1. The number of rotatable bonds is 4. The molecule has 4 aromatic rings. The second kappa shape index (κ2) is 10.6. The summed E-state index contributed by atoms with van der Waals surface area (Å²) in [6, 6.07) is 19.0. The van der Waals surface area contributed by atoms with E-state index < -0.39 is 17.6 Å². The number of carboxylic acid groups (broad SMARTS) is 1. The second-order valence-electron chi connectivity index (χ2n) is 11.2. The molecular weight excluding hydrogens is 561 g/mol. The third-order valence-electron chi connectivity index (χ3n) is 8.45. The molecule has 3 heterocycles. The van der Waals surface area contributed by atoms with Crippen LogP contribution in [0.15, 0.2) is 54.6 Å². The number of fused-ring (bicyclic) bond motifs is 4. The zero-order chi connectivity index (χ0) is 30.5. The number of hydrogen-bond acceptors (Lipinski definition) is 5. The minimum absolute atomic E-state index is 0.0841. The molecule has 43 heavy (non-hydrogen) atoms. The van der Waals surface area contributed by atoms with Crippen LogP contribution in [0.5, 0.6) is 5.75 Å². The Morgan fingerprint density at radius 1 is 1.12 bits per heavy atom. The monoisotopic (exact) mass is 590 g/mol. The van der Waals surface area contributed by atoms with E-state index in [1.165, 1.54) is 16.7 Å². The van der Waals surface area contributed by atoms with E-state index in [0.717, 1.165) is 65.1 Å². The van der Waals surface area contributed by atoms with Gasteiger partial charge in [0.15, 0.2) is 0 Å². The summed E-state index contributed by atoms with van der Waals surface area (Å²) < 4.78 is 37.2. The van der Waals surface area contributed by atoms with Gasteiger partial charge < -0.3 is 20.1 Å². The van der Waals surface area contributed by atoms with Crippen LogP contribution in [0.25, 0.3) is 23.1 Å². The number of ether oxygens (including phenoxy) is 1. The van der Waals surface area contributed by atoms with Crippen molar-refractivity contribution in [3.05, 3.63) is 88.1 Å². The second-order valence-corrected chi connectivity index (χ2v) is 11.2. The van der Waals surface area contributed by atoms with E-state index >= 15 is 0 Å². The molecule has 3 aromatic carbocycles. The molecule has 1 aromatic heterocycles. The molecule has 1 amide bonds. The number of nitrogens with zero attached hydrogens (tertiary/aromatic N) is 2. The third kappa shape index (κ3) is 5.25. The van der Waals surface area contributed by atoms with Gasteiger partial charge in [-0.1, -0.05) is 36.4 Å². The fourth-order valence-corrected chi connectivity index (χ4v) is 6.09. The van der Waals surface area contributed by atoms with E-state index in [1.54, 1.807) is 7.11 Å². The number of benzene rings is 3. The van der Waals surface area contributed by atoms with Gasteiger partial charge in [0.05, 0.1) is 23.7 Å². The molecule has 8 nitrogen and oxygen atoms in total. The smallest absolute Gasteiger partial charge is 0.490 e. The number of anilines is 1. The zero-order valence-electron chi connectivity index (χ0n) is 23.5. The number of hydrogen-bond donors (Lipinski definition) is 3. The van der Waals surface area contributed by atoms with Crippen LogP contribution in [-0.2, 0) is 28.0 Å². The summed E-state index contributed by atoms with van der Waals surface area (Å²) in [5.74, 6) is -1.75. The Morgan fingerprint density at radius 3 is 2.65 bits per heavy atom. The first-order valence-corrected chi connectivity index (χ1v) is 13.8. The molecule has 222 valence electrons. The summed E-state index contributed by atoms with van der Waals surface area (Å²) in [7, 11) is 3.83. The van der Waals surface area contributed by atoms with Gasteiger partial charge in [-0.25, -0.2) is 4.79 Å². The fraction of sp³-hybridized carbons (Fsp3) is 0.281. The number of alkyl halides is 3. The number of methoxy groups -OCH3 is 1. The van der Waals surface area contributed by atoms with Crippen molar-refractivity contribution in [3.63, 3.8) is 0 Å². The highest BCUT2D eigenvalue weighted by Gasteiger charge is 2.65. The van der Waals surface area contributed by atoms with Gasteiger partial charge in [0.1, 0.15) is 5.75 Å². The van der Waals surface area contributed by atoms with Crippen molar-refractivity contribution < 1.29 is 32.6 Å². The molecule has 3 aliphatic rings. The molecule has 1 saturated carbocycles. The lowest BCUT2D eigenvalue weighted by Gasteiger charge is -2.25. The molecule has 1 aliphatic carbocycles. The van der Waals surface area contributed by atoms with Gasteiger partial charge in [0, 0.05) is 30.1 Å². The molecule has 0 radical (unpaired) electrons. The maximum absolute atomic E-state index is 13.0. The number of carboxylic acids is 1. The van der Waals surface area contributed by atoms with E-state index in [1.807, 2.05) is 18.2 Å². The van der Waals surface area contributed by atoms with Crippen molar-refractivity contribution in [2.45, 2.75) is 36.9 Å². The number of carbonyl (C=O) groups excluding carboxylic acids is 1. The van der Waals surface area contributed by atoms with Crippen molar-refractivity contribution >= 4 is 40.6 Å². The number of nitrogens with one attached hydrogen (secondary N) is 2. The van der Waals surface area contributed by atoms with Crippen LogP contribution < -0.4 is 10.1 Å². The van der Waals surface area contributed by atoms with Crippen molar-refractivity contribution in [3.8, 4) is 5.75 Å². The lowest BCUT2D eigenvalue weighted by Crippen LogP contribution is -2.26. The molecule has 1 fully saturated rings. The van der Waals surface area contributed by atoms with Crippen LogP contribution in [-0.4, -0.2) is 59.0 Å². The SMILES string of the molecule is COc1ccc2c(c1)[C@]1(C[C@H]1c1ccc3c(C=Cc4ccc5c(c4)CCN(C)C5)n[nH]c3c1)C(=O)N2.O=C(O)C(F)(F)F. The largest absolute Gasteiger partial charge is 0.497 e. The first kappa shape index (κ1) is 28.5. The van der Waals surface area contributed by atoms with Gasteiger partial charge in [-0.05, 0) is 78.0 Å². The number of aromatic nitrogens is 2. The number of carbonyl (C=O) groups is 2. The first-order valence-electron chi connectivity index (χ1n) is 13.8. The quantitative estimate of drug-likeness (QED) is 0.280. The maximum atomic E-state index is 13.0. The van der Waals surface area contributed by atoms with Gasteiger partial charge in [0.2, 0.25) is 5.91 Å². The molecule has 7 rings (SSSR count). The van der Waals surface area contributed by atoms with Gasteiger partial charge in [0.25, 0.3) is 0 Å². The number of likely N-dealkylation sites (N-methyl/N-ethyl adjacent to an activating group) is 1. The number of H-pyrrole nitrogens is 1. The van der Waals surface area contributed by atoms with Crippen LogP contribution in [0.2, 0.25) is 0 Å². The Kier molecular flexibility index (Phi) is 7.00. The van der Waals surface area contributed by atoms with Gasteiger partial charge in [-0.2, -0.15) is 18.3 Å². The molecule has 0 unspecified atom stereocenters. The summed E-state index contributed by atoms with van der Waals surface area (Å²) in [5.41, 5.74) is 8.59. The van der Waals surface area contributed by atoms with Crippen molar-refractivity contribution in [2.24, 2.45) is 0 Å². The highest BCUT2D eigenvalue weighted by Crippen LogP contribution is 2.65. The molecule has 0 saturated heterocycles. The Morgan fingerprint density at radius 2 is 1.91 bits per heavy atom. The lowest BCUT2D eigenvalue weighted by molar-refractivity contribution is -0.192. The number of aromatic amines is 1. The third-order valence-corrected chi connectivity index (χ3v) is 8.45. The summed E-state index contributed by atoms with van der Waals surface area (Å²) in [6.45, 7) is 2.13. The molecule has 0 bridgehead atoms. The normalized spacial score (nSPS) is 20.9. The fourth-order valence-electron chi connectivity index (χ4n) is 6.09. The van der Waals surface area contributed by atoms with E-state index in [2.05, 4.69) is 76.0 Å². The number of amides is 1. The Labute approximate surface area is 245 Å². The molecular formula is C32H29F3N4O4. The van der Waals surface area contributed by atoms with Crippen LogP contribution in [0.1, 0.15) is 45.8 Å². The molecule has 1 spiro atoms. The molecule has 11 heteroatoms. The van der Waals surface area contributed by atoms with Gasteiger partial charge in [-0.15, -0.1) is 0 Å². The Balaban J connectivity index is 0.000000423. The molecule has 3 N–H and O–H groups in total. The number of halogens is 3. The van der Waals surface area contributed by atoms with Crippen LogP contribution in [0.3, 0.4) is 0 Å². The van der Waals surface area contributed by atoms with Crippen molar-refractivity contribution in [2.75, 3.05) is 26.0 Å². The maximum Gasteiger partial charge on any atom is 0.490 e. The highest BCUT2D eigenvalue weighted by molar-refractivity contribution is 6.10. The summed E-state index contributed by atoms with van der Waals surface area (Å²) in [6.07, 6.45) is 1.05. The standard InChI is InChI=1S/C30H28N4O2.C2HF3O2/c1-34-12-11-19-13-18(3-5-21(19)17-34)4-9-26-23-8-6-20(14-28(23)33-32-26)25-16-30(25)24-15-22(36-2)7-10-27(24)31-29(30)35;3-2(4,5)1(6)7/h3-10,13-15,25H,11-12,16-17H2,1-2H3,(H,31,35)(H,32,33);(H,6,7)/t25-,30-;/m0./s1. The van der Waals surface area contributed by atoms with Gasteiger partial charge >= 0.3 is 12.1 Å². The first-order chi connectivity index (χ1) is 20.5. The zero-order valence-corrected chi connectivity index (χ0v) is 23.5. The van der Waals surface area contributed by atoms with Crippen LogP contribution in [0, 0.1) is 0 Å².